The van der Waals surface area contributed by atoms with Crippen LogP contribution in [0.3, 0.4) is 0 Å². The van der Waals surface area contributed by atoms with Crippen LogP contribution in [0.4, 0.5) is 0 Å². The van der Waals surface area contributed by atoms with Crippen molar-refractivity contribution in [2.75, 3.05) is 6.79 Å². The molecule has 1 aromatic carbocycles. The molecule has 0 spiro atoms. The molecule has 2 heterocycles. The molecule has 0 aliphatic carbocycles. The summed E-state index contributed by atoms with van der Waals surface area (Å²) in [5.41, 5.74) is 1.20. The average Bonchev–Trinajstić information content (AvgIpc) is 2.96. The number of rotatable bonds is 3. The van der Waals surface area contributed by atoms with Crippen molar-refractivity contribution in [3.05, 3.63) is 34.4 Å². The molecule has 3 rings (SSSR count). The van der Waals surface area contributed by atoms with E-state index in [1.165, 1.54) is 5.56 Å². The lowest BCUT2D eigenvalue weighted by Crippen LogP contribution is -2.00. The Morgan fingerprint density at radius 2 is 2.17 bits per heavy atom. The minimum Gasteiger partial charge on any atom is -0.454 e. The second kappa shape index (κ2) is 4.45. The Bertz CT molecular complexity index is 620. The van der Waals surface area contributed by atoms with Crippen molar-refractivity contribution in [2.24, 2.45) is 0 Å². The van der Waals surface area contributed by atoms with Gasteiger partial charge in [-0.25, -0.2) is 4.98 Å². The number of hydrogen-bond acceptors (Lipinski definition) is 4. The SMILES string of the molecule is CC(Cc1nc(=S)[nH][nH]1)c1ccc2c(c1)OCO2. The fourth-order valence-electron chi connectivity index (χ4n) is 2.03. The first-order valence-electron chi connectivity index (χ1n) is 5.75. The van der Waals surface area contributed by atoms with Gasteiger partial charge in [0.1, 0.15) is 5.82 Å². The van der Waals surface area contributed by atoms with Crippen LogP contribution in [0.1, 0.15) is 24.2 Å². The summed E-state index contributed by atoms with van der Waals surface area (Å²) in [4.78, 5) is 4.20. The van der Waals surface area contributed by atoms with E-state index in [1.807, 2.05) is 12.1 Å². The minimum atomic E-state index is 0.305. The summed E-state index contributed by atoms with van der Waals surface area (Å²) >= 11 is 4.93. The molecule has 0 amide bonds. The van der Waals surface area contributed by atoms with E-state index in [0.717, 1.165) is 23.7 Å². The van der Waals surface area contributed by atoms with E-state index in [4.69, 9.17) is 21.7 Å². The van der Waals surface area contributed by atoms with Crippen LogP contribution in [0.2, 0.25) is 0 Å². The van der Waals surface area contributed by atoms with Crippen LogP contribution >= 0.6 is 12.2 Å². The fourth-order valence-corrected chi connectivity index (χ4v) is 2.19. The molecule has 94 valence electrons. The van der Waals surface area contributed by atoms with Gasteiger partial charge in [-0.3, -0.25) is 10.2 Å². The molecule has 1 aromatic heterocycles. The molecule has 0 saturated heterocycles. The average molecular weight is 263 g/mol. The molecule has 6 heteroatoms. The first-order chi connectivity index (χ1) is 8.72. The Balaban J connectivity index is 1.80. The van der Waals surface area contributed by atoms with Crippen molar-refractivity contribution in [3.63, 3.8) is 0 Å². The summed E-state index contributed by atoms with van der Waals surface area (Å²) in [5, 5.41) is 5.76. The Labute approximate surface area is 109 Å². The Morgan fingerprint density at radius 1 is 1.33 bits per heavy atom. The smallest absolute Gasteiger partial charge is 0.231 e. The normalized spacial score (nSPS) is 14.7. The molecule has 1 unspecified atom stereocenters. The maximum Gasteiger partial charge on any atom is 0.231 e. The third kappa shape index (κ3) is 2.11. The van der Waals surface area contributed by atoms with Crippen molar-refractivity contribution in [3.8, 4) is 11.5 Å². The maximum absolute atomic E-state index is 5.38. The van der Waals surface area contributed by atoms with Gasteiger partial charge in [-0.05, 0) is 35.8 Å². The first-order valence-corrected chi connectivity index (χ1v) is 6.16. The number of H-pyrrole nitrogens is 2. The topological polar surface area (TPSA) is 62.9 Å². The van der Waals surface area contributed by atoms with Crippen molar-refractivity contribution in [1.82, 2.24) is 15.2 Å². The van der Waals surface area contributed by atoms with Gasteiger partial charge in [-0.15, -0.1) is 0 Å². The van der Waals surface area contributed by atoms with Gasteiger partial charge < -0.3 is 9.47 Å². The lowest BCUT2D eigenvalue weighted by molar-refractivity contribution is 0.174. The minimum absolute atomic E-state index is 0.305. The van der Waals surface area contributed by atoms with Crippen molar-refractivity contribution >= 4 is 12.2 Å². The van der Waals surface area contributed by atoms with Gasteiger partial charge >= 0.3 is 0 Å². The standard InChI is InChI=1S/C12H13N3O2S/c1-7(4-11-13-12(18)15-14-11)8-2-3-9-10(5-8)17-6-16-9/h2-3,5,7H,4,6H2,1H3,(H2,13,14,15,18). The zero-order chi connectivity index (χ0) is 12.5. The largest absolute Gasteiger partial charge is 0.454 e. The fraction of sp³-hybridized carbons (Fsp3) is 0.333. The van der Waals surface area contributed by atoms with Crippen LogP contribution in [0, 0.1) is 4.77 Å². The predicted molar refractivity (Wildman–Crippen MR) is 68.5 cm³/mol. The van der Waals surface area contributed by atoms with Gasteiger partial charge in [0.2, 0.25) is 11.6 Å². The van der Waals surface area contributed by atoms with Crippen LogP contribution in [0.5, 0.6) is 11.5 Å². The monoisotopic (exact) mass is 263 g/mol. The summed E-state index contributed by atoms with van der Waals surface area (Å²) in [5.74, 6) is 2.82. The molecule has 1 aliphatic rings. The Hall–Kier alpha value is -1.82. The quantitative estimate of drug-likeness (QED) is 0.835. The third-order valence-electron chi connectivity index (χ3n) is 3.02. The summed E-state index contributed by atoms with van der Waals surface area (Å²) in [6.45, 7) is 2.45. The van der Waals surface area contributed by atoms with Gasteiger partial charge in [-0.1, -0.05) is 13.0 Å². The van der Waals surface area contributed by atoms with Gasteiger partial charge in [0.05, 0.1) is 0 Å². The highest BCUT2D eigenvalue weighted by Gasteiger charge is 2.16. The number of hydrogen-bond donors (Lipinski definition) is 2. The summed E-state index contributed by atoms with van der Waals surface area (Å²) in [6, 6.07) is 6.02. The van der Waals surface area contributed by atoms with Gasteiger partial charge in [0.25, 0.3) is 0 Å². The zero-order valence-corrected chi connectivity index (χ0v) is 10.7. The van der Waals surface area contributed by atoms with Gasteiger partial charge in [0.15, 0.2) is 11.5 Å². The molecule has 1 atom stereocenters. The van der Waals surface area contributed by atoms with E-state index in [0.29, 0.717) is 17.5 Å². The second-order valence-electron chi connectivity index (χ2n) is 4.33. The highest BCUT2D eigenvalue weighted by molar-refractivity contribution is 7.71. The maximum atomic E-state index is 5.38. The van der Waals surface area contributed by atoms with E-state index < -0.39 is 0 Å². The molecule has 0 radical (unpaired) electrons. The van der Waals surface area contributed by atoms with E-state index in [2.05, 4.69) is 28.2 Å². The second-order valence-corrected chi connectivity index (χ2v) is 4.72. The van der Waals surface area contributed by atoms with Crippen LogP contribution < -0.4 is 9.47 Å². The Morgan fingerprint density at radius 3 is 2.94 bits per heavy atom. The molecule has 18 heavy (non-hydrogen) atoms. The van der Waals surface area contributed by atoms with Crippen molar-refractivity contribution in [2.45, 2.75) is 19.3 Å². The van der Waals surface area contributed by atoms with Gasteiger partial charge in [0, 0.05) is 6.42 Å². The number of nitrogens with one attached hydrogen (secondary N) is 2. The lowest BCUT2D eigenvalue weighted by atomic mass is 9.97. The first kappa shape index (κ1) is 11.3. The van der Waals surface area contributed by atoms with E-state index in [9.17, 15) is 0 Å². The summed E-state index contributed by atoms with van der Waals surface area (Å²) in [6.07, 6.45) is 0.798. The van der Waals surface area contributed by atoms with Gasteiger partial charge in [-0.2, -0.15) is 0 Å². The van der Waals surface area contributed by atoms with Crippen LogP contribution in [-0.4, -0.2) is 22.0 Å². The number of aromatic amines is 2. The van der Waals surface area contributed by atoms with Crippen molar-refractivity contribution < 1.29 is 9.47 Å². The van der Waals surface area contributed by atoms with Crippen molar-refractivity contribution in [1.29, 1.82) is 0 Å². The third-order valence-corrected chi connectivity index (χ3v) is 3.21. The molecular weight excluding hydrogens is 250 g/mol. The molecule has 2 N–H and O–H groups in total. The highest BCUT2D eigenvalue weighted by atomic mass is 32.1. The number of nitrogens with zero attached hydrogens (tertiary/aromatic N) is 1. The number of benzene rings is 1. The Kier molecular flexibility index (Phi) is 2.79. The van der Waals surface area contributed by atoms with Crippen LogP contribution in [0.25, 0.3) is 0 Å². The van der Waals surface area contributed by atoms with E-state index in [-0.39, 0.29) is 0 Å². The molecule has 2 aromatic rings. The van der Waals surface area contributed by atoms with E-state index >= 15 is 0 Å². The molecule has 0 saturated carbocycles. The summed E-state index contributed by atoms with van der Waals surface area (Å²) < 4.78 is 11.2. The molecule has 1 aliphatic heterocycles. The predicted octanol–water partition coefficient (Wildman–Crippen LogP) is 2.54. The van der Waals surface area contributed by atoms with Crippen LogP contribution in [0.15, 0.2) is 18.2 Å². The van der Waals surface area contributed by atoms with Crippen LogP contribution in [-0.2, 0) is 6.42 Å². The molecule has 0 bridgehead atoms. The molecule has 5 nitrogen and oxygen atoms in total. The molecule has 0 fully saturated rings. The molecular formula is C12H13N3O2S. The summed E-state index contributed by atoms with van der Waals surface area (Å²) in [7, 11) is 0. The highest BCUT2D eigenvalue weighted by Crippen LogP contribution is 2.35. The lowest BCUT2D eigenvalue weighted by Gasteiger charge is -2.10. The zero-order valence-electron chi connectivity index (χ0n) is 9.90. The number of aromatic nitrogens is 3. The number of fused-ring (bicyclic) bond motifs is 1. The number of ether oxygens (including phenoxy) is 2. The van der Waals surface area contributed by atoms with E-state index in [1.54, 1.807) is 0 Å².